The summed E-state index contributed by atoms with van der Waals surface area (Å²) >= 11 is 3.24. The van der Waals surface area contributed by atoms with Gasteiger partial charge in [0.15, 0.2) is 11.5 Å². The molecular formula is C11H13BrO3. The third kappa shape index (κ3) is 2.44. The van der Waals surface area contributed by atoms with Crippen molar-refractivity contribution in [1.82, 2.24) is 0 Å². The highest BCUT2D eigenvalue weighted by Gasteiger charge is 2.13. The topological polar surface area (TPSA) is 38.7 Å². The van der Waals surface area contributed by atoms with Crippen molar-refractivity contribution < 1.29 is 14.6 Å². The molecule has 1 aromatic rings. The molecule has 0 saturated carbocycles. The van der Waals surface area contributed by atoms with E-state index in [0.717, 1.165) is 23.5 Å². The summed E-state index contributed by atoms with van der Waals surface area (Å²) < 4.78 is 11.0. The molecule has 4 heteroatoms. The zero-order valence-corrected chi connectivity index (χ0v) is 9.87. The quantitative estimate of drug-likeness (QED) is 0.840. The van der Waals surface area contributed by atoms with Crippen LogP contribution in [0.3, 0.4) is 0 Å². The predicted octanol–water partition coefficient (Wildman–Crippen LogP) is 2.28. The van der Waals surface area contributed by atoms with Crippen molar-refractivity contribution in [3.05, 3.63) is 23.8 Å². The van der Waals surface area contributed by atoms with E-state index in [9.17, 15) is 5.11 Å². The lowest BCUT2D eigenvalue weighted by Gasteiger charge is -2.11. The zero-order chi connectivity index (χ0) is 10.7. The highest BCUT2D eigenvalue weighted by molar-refractivity contribution is 9.09. The van der Waals surface area contributed by atoms with E-state index in [4.69, 9.17) is 9.47 Å². The standard InChI is InChI=1S/C11H13BrO3/c12-7-9(13)8-2-3-10-11(6-8)15-5-1-4-14-10/h2-3,6,9,13H,1,4-5,7H2/t9-/m0/s1. The summed E-state index contributed by atoms with van der Waals surface area (Å²) in [6.07, 6.45) is 0.396. The van der Waals surface area contributed by atoms with Gasteiger partial charge >= 0.3 is 0 Å². The van der Waals surface area contributed by atoms with Crippen LogP contribution >= 0.6 is 15.9 Å². The molecule has 1 aliphatic heterocycles. The summed E-state index contributed by atoms with van der Waals surface area (Å²) in [5.74, 6) is 1.49. The van der Waals surface area contributed by atoms with Crippen molar-refractivity contribution in [3.8, 4) is 11.5 Å². The van der Waals surface area contributed by atoms with Crippen molar-refractivity contribution in [2.45, 2.75) is 12.5 Å². The van der Waals surface area contributed by atoms with Gasteiger partial charge in [-0.05, 0) is 17.7 Å². The molecule has 1 heterocycles. The molecule has 1 aliphatic rings. The van der Waals surface area contributed by atoms with E-state index < -0.39 is 6.10 Å². The molecule has 0 radical (unpaired) electrons. The highest BCUT2D eigenvalue weighted by atomic mass is 79.9. The van der Waals surface area contributed by atoms with Crippen LogP contribution in [0.1, 0.15) is 18.1 Å². The summed E-state index contributed by atoms with van der Waals surface area (Å²) in [5.41, 5.74) is 0.844. The fourth-order valence-corrected chi connectivity index (χ4v) is 1.85. The van der Waals surface area contributed by atoms with E-state index in [-0.39, 0.29) is 0 Å². The van der Waals surface area contributed by atoms with Crippen molar-refractivity contribution in [1.29, 1.82) is 0 Å². The molecule has 0 saturated heterocycles. The van der Waals surface area contributed by atoms with Gasteiger partial charge in [-0.2, -0.15) is 0 Å². The maximum absolute atomic E-state index is 9.66. The van der Waals surface area contributed by atoms with Gasteiger partial charge < -0.3 is 14.6 Å². The molecule has 0 spiro atoms. The molecule has 0 fully saturated rings. The molecule has 0 amide bonds. The average molecular weight is 273 g/mol. The fraction of sp³-hybridized carbons (Fsp3) is 0.455. The van der Waals surface area contributed by atoms with Crippen molar-refractivity contribution in [2.75, 3.05) is 18.5 Å². The largest absolute Gasteiger partial charge is 0.490 e. The van der Waals surface area contributed by atoms with Crippen LogP contribution in [-0.2, 0) is 0 Å². The highest BCUT2D eigenvalue weighted by Crippen LogP contribution is 2.32. The van der Waals surface area contributed by atoms with Crippen LogP contribution in [0.4, 0.5) is 0 Å². The van der Waals surface area contributed by atoms with Crippen LogP contribution in [0, 0.1) is 0 Å². The molecule has 2 rings (SSSR count). The Bertz CT molecular complexity index is 341. The Hall–Kier alpha value is -0.740. The van der Waals surface area contributed by atoms with E-state index in [1.54, 1.807) is 0 Å². The first-order valence-corrected chi connectivity index (χ1v) is 6.07. The Labute approximate surface area is 97.1 Å². The predicted molar refractivity (Wildman–Crippen MR) is 60.8 cm³/mol. The molecule has 1 aromatic carbocycles. The smallest absolute Gasteiger partial charge is 0.161 e. The van der Waals surface area contributed by atoms with Crippen LogP contribution in [0.25, 0.3) is 0 Å². The summed E-state index contributed by atoms with van der Waals surface area (Å²) in [4.78, 5) is 0. The van der Waals surface area contributed by atoms with Crippen molar-refractivity contribution in [3.63, 3.8) is 0 Å². The second kappa shape index (κ2) is 4.86. The third-order valence-electron chi connectivity index (χ3n) is 2.30. The number of alkyl halides is 1. The molecule has 0 bridgehead atoms. The van der Waals surface area contributed by atoms with E-state index in [1.165, 1.54) is 0 Å². The molecule has 15 heavy (non-hydrogen) atoms. The first-order valence-electron chi connectivity index (χ1n) is 4.95. The van der Waals surface area contributed by atoms with Gasteiger partial charge in [0.25, 0.3) is 0 Å². The summed E-state index contributed by atoms with van der Waals surface area (Å²) in [6.45, 7) is 1.36. The lowest BCUT2D eigenvalue weighted by molar-refractivity contribution is 0.204. The van der Waals surface area contributed by atoms with Crippen LogP contribution in [0.2, 0.25) is 0 Å². The molecule has 82 valence electrons. The van der Waals surface area contributed by atoms with Gasteiger partial charge in [-0.25, -0.2) is 0 Å². The number of hydrogen-bond donors (Lipinski definition) is 1. The number of ether oxygens (including phenoxy) is 2. The molecular weight excluding hydrogens is 260 g/mol. The lowest BCUT2D eigenvalue weighted by Crippen LogP contribution is -1.99. The average Bonchev–Trinajstić information content (AvgIpc) is 2.51. The minimum Gasteiger partial charge on any atom is -0.490 e. The summed E-state index contributed by atoms with van der Waals surface area (Å²) in [5, 5.41) is 10.2. The minimum atomic E-state index is -0.498. The van der Waals surface area contributed by atoms with E-state index in [1.807, 2.05) is 18.2 Å². The van der Waals surface area contributed by atoms with Crippen LogP contribution < -0.4 is 9.47 Å². The van der Waals surface area contributed by atoms with Gasteiger partial charge in [0.2, 0.25) is 0 Å². The normalized spacial score (nSPS) is 16.9. The first kappa shape index (κ1) is 10.8. The number of halogens is 1. The maximum atomic E-state index is 9.66. The molecule has 0 aliphatic carbocycles. The lowest BCUT2D eigenvalue weighted by atomic mass is 10.1. The van der Waals surface area contributed by atoms with Crippen molar-refractivity contribution in [2.24, 2.45) is 0 Å². The number of hydrogen-bond acceptors (Lipinski definition) is 3. The van der Waals surface area contributed by atoms with Gasteiger partial charge in [-0.1, -0.05) is 22.0 Å². The number of fused-ring (bicyclic) bond motifs is 1. The maximum Gasteiger partial charge on any atom is 0.161 e. The SMILES string of the molecule is O[C@@H](CBr)c1ccc2c(c1)OCCCO2. The Kier molecular flexibility index (Phi) is 3.49. The third-order valence-corrected chi connectivity index (χ3v) is 2.92. The molecule has 1 atom stereocenters. The zero-order valence-electron chi connectivity index (χ0n) is 8.28. The Morgan fingerprint density at radius 2 is 2.00 bits per heavy atom. The Morgan fingerprint density at radius 1 is 1.27 bits per heavy atom. The van der Waals surface area contributed by atoms with Gasteiger partial charge in [-0.3, -0.25) is 0 Å². The van der Waals surface area contributed by atoms with Crippen LogP contribution in [-0.4, -0.2) is 23.7 Å². The molecule has 0 unspecified atom stereocenters. The Morgan fingerprint density at radius 3 is 2.73 bits per heavy atom. The number of aliphatic hydroxyl groups excluding tert-OH is 1. The molecule has 1 N–H and O–H groups in total. The number of benzene rings is 1. The Balaban J connectivity index is 2.27. The first-order chi connectivity index (χ1) is 7.31. The molecule has 3 nitrogen and oxygen atoms in total. The van der Waals surface area contributed by atoms with E-state index in [0.29, 0.717) is 18.5 Å². The second-order valence-electron chi connectivity index (χ2n) is 3.43. The van der Waals surface area contributed by atoms with E-state index >= 15 is 0 Å². The van der Waals surface area contributed by atoms with Crippen LogP contribution in [0.15, 0.2) is 18.2 Å². The number of rotatable bonds is 2. The van der Waals surface area contributed by atoms with Gasteiger partial charge in [0.1, 0.15) is 0 Å². The van der Waals surface area contributed by atoms with Crippen LogP contribution in [0.5, 0.6) is 11.5 Å². The van der Waals surface area contributed by atoms with E-state index in [2.05, 4.69) is 15.9 Å². The minimum absolute atomic E-state index is 0.498. The fourth-order valence-electron chi connectivity index (χ4n) is 1.48. The second-order valence-corrected chi connectivity index (χ2v) is 4.07. The van der Waals surface area contributed by atoms with Crippen molar-refractivity contribution >= 4 is 15.9 Å². The summed E-state index contributed by atoms with van der Waals surface area (Å²) in [6, 6.07) is 5.55. The van der Waals surface area contributed by atoms with Gasteiger partial charge in [0.05, 0.1) is 19.3 Å². The summed E-state index contributed by atoms with van der Waals surface area (Å²) in [7, 11) is 0. The monoisotopic (exact) mass is 272 g/mol. The van der Waals surface area contributed by atoms with Gasteiger partial charge in [-0.15, -0.1) is 0 Å². The molecule has 0 aromatic heterocycles. The van der Waals surface area contributed by atoms with Gasteiger partial charge in [0, 0.05) is 11.8 Å². The number of aliphatic hydroxyl groups is 1.